The summed E-state index contributed by atoms with van der Waals surface area (Å²) in [6.07, 6.45) is 0.821. The van der Waals surface area contributed by atoms with Gasteiger partial charge in [0.25, 0.3) is 0 Å². The molecule has 0 radical (unpaired) electrons. The number of carbonyl (C=O) groups excluding carboxylic acids is 2. The number of fused-ring (bicyclic) bond motifs is 1. The first-order valence-electron chi connectivity index (χ1n) is 6.50. The number of halogens is 1. The van der Waals surface area contributed by atoms with Gasteiger partial charge >= 0.3 is 0 Å². The molecule has 6 heteroatoms. The van der Waals surface area contributed by atoms with Gasteiger partial charge < -0.3 is 10.2 Å². The van der Waals surface area contributed by atoms with Crippen LogP contribution in [0.1, 0.15) is 12.8 Å². The average molecular weight is 274 g/mol. The van der Waals surface area contributed by atoms with E-state index in [1.807, 2.05) is 0 Å². The number of hydrogen-bond acceptors (Lipinski definition) is 4. The first kappa shape index (κ1) is 13.8. The third kappa shape index (κ3) is 2.53. The van der Waals surface area contributed by atoms with Crippen molar-refractivity contribution in [3.8, 4) is 0 Å². The Morgan fingerprint density at radius 1 is 1.00 bits per heavy atom. The van der Waals surface area contributed by atoms with E-state index in [-0.39, 0.29) is 24.2 Å². The number of hydrogen-bond donors (Lipinski definition) is 1. The first-order chi connectivity index (χ1) is 8.24. The van der Waals surface area contributed by atoms with Crippen LogP contribution in [-0.4, -0.2) is 60.9 Å². The van der Waals surface area contributed by atoms with Crippen molar-refractivity contribution in [1.29, 1.82) is 0 Å². The molecule has 3 aliphatic heterocycles. The second-order valence-corrected chi connectivity index (χ2v) is 5.38. The van der Waals surface area contributed by atoms with E-state index in [0.717, 1.165) is 44.6 Å². The molecule has 18 heavy (non-hydrogen) atoms. The van der Waals surface area contributed by atoms with E-state index in [4.69, 9.17) is 0 Å². The average Bonchev–Trinajstić information content (AvgIpc) is 2.92. The lowest BCUT2D eigenvalue weighted by molar-refractivity contribution is -0.138. The zero-order valence-corrected chi connectivity index (χ0v) is 11.2. The SMILES string of the molecule is Cl.O=C1CCC(=O)N1CCN1C[C@H]2CNC[C@H]2C1. The molecule has 3 heterocycles. The van der Waals surface area contributed by atoms with Gasteiger partial charge in [0.2, 0.25) is 11.8 Å². The van der Waals surface area contributed by atoms with E-state index in [1.165, 1.54) is 4.90 Å². The lowest BCUT2D eigenvalue weighted by Gasteiger charge is -2.20. The molecule has 0 aromatic rings. The van der Waals surface area contributed by atoms with Gasteiger partial charge in [-0.05, 0) is 24.9 Å². The summed E-state index contributed by atoms with van der Waals surface area (Å²) in [4.78, 5) is 26.8. The Balaban J connectivity index is 0.00000120. The fourth-order valence-corrected chi connectivity index (χ4v) is 3.25. The summed E-state index contributed by atoms with van der Waals surface area (Å²) in [5, 5.41) is 3.41. The third-order valence-electron chi connectivity index (χ3n) is 4.26. The Kier molecular flexibility index (Phi) is 4.25. The molecule has 3 rings (SSSR count). The smallest absolute Gasteiger partial charge is 0.229 e. The van der Waals surface area contributed by atoms with Crippen LogP contribution in [-0.2, 0) is 9.59 Å². The van der Waals surface area contributed by atoms with Crippen LogP contribution in [0.15, 0.2) is 0 Å². The highest BCUT2D eigenvalue weighted by Crippen LogP contribution is 2.26. The van der Waals surface area contributed by atoms with Crippen molar-refractivity contribution in [2.45, 2.75) is 12.8 Å². The predicted molar refractivity (Wildman–Crippen MR) is 69.5 cm³/mol. The summed E-state index contributed by atoms with van der Waals surface area (Å²) in [6, 6.07) is 0. The summed E-state index contributed by atoms with van der Waals surface area (Å²) in [7, 11) is 0. The molecule has 0 aromatic carbocycles. The molecule has 0 unspecified atom stereocenters. The summed E-state index contributed by atoms with van der Waals surface area (Å²) < 4.78 is 0. The fourth-order valence-electron chi connectivity index (χ4n) is 3.25. The predicted octanol–water partition coefficient (Wildman–Crippen LogP) is -0.292. The maximum Gasteiger partial charge on any atom is 0.229 e. The van der Waals surface area contributed by atoms with Crippen LogP contribution >= 0.6 is 12.4 Å². The van der Waals surface area contributed by atoms with E-state index in [0.29, 0.717) is 19.4 Å². The molecule has 1 N–H and O–H groups in total. The summed E-state index contributed by atoms with van der Waals surface area (Å²) >= 11 is 0. The second kappa shape index (κ2) is 5.55. The minimum atomic E-state index is 0. The first-order valence-corrected chi connectivity index (χ1v) is 6.50. The monoisotopic (exact) mass is 273 g/mol. The van der Waals surface area contributed by atoms with Crippen LogP contribution in [0.25, 0.3) is 0 Å². The Morgan fingerprint density at radius 2 is 1.56 bits per heavy atom. The van der Waals surface area contributed by atoms with Crippen LogP contribution in [0.4, 0.5) is 0 Å². The van der Waals surface area contributed by atoms with Crippen LogP contribution in [0, 0.1) is 11.8 Å². The molecule has 3 fully saturated rings. The van der Waals surface area contributed by atoms with Gasteiger partial charge in [-0.3, -0.25) is 14.5 Å². The lowest BCUT2D eigenvalue weighted by Crippen LogP contribution is -2.38. The molecule has 0 bridgehead atoms. The van der Waals surface area contributed by atoms with E-state index in [2.05, 4.69) is 10.2 Å². The van der Waals surface area contributed by atoms with E-state index in [9.17, 15) is 9.59 Å². The second-order valence-electron chi connectivity index (χ2n) is 5.38. The maximum atomic E-state index is 11.5. The van der Waals surface area contributed by atoms with Gasteiger partial charge in [-0.2, -0.15) is 0 Å². The molecule has 0 aliphatic carbocycles. The summed E-state index contributed by atoms with van der Waals surface area (Å²) in [6.45, 7) is 5.93. The highest BCUT2D eigenvalue weighted by atomic mass is 35.5. The van der Waals surface area contributed by atoms with Crippen LogP contribution in [0.3, 0.4) is 0 Å². The Labute approximate surface area is 113 Å². The quantitative estimate of drug-likeness (QED) is 0.718. The number of likely N-dealkylation sites (tertiary alicyclic amines) is 2. The third-order valence-corrected chi connectivity index (χ3v) is 4.26. The maximum absolute atomic E-state index is 11.5. The summed E-state index contributed by atoms with van der Waals surface area (Å²) in [5.41, 5.74) is 0. The van der Waals surface area contributed by atoms with Gasteiger partial charge in [0.05, 0.1) is 0 Å². The molecule has 3 aliphatic rings. The zero-order chi connectivity index (χ0) is 11.8. The van der Waals surface area contributed by atoms with E-state index >= 15 is 0 Å². The van der Waals surface area contributed by atoms with E-state index < -0.39 is 0 Å². The number of imide groups is 1. The van der Waals surface area contributed by atoms with Crippen LogP contribution in [0.5, 0.6) is 0 Å². The van der Waals surface area contributed by atoms with Crippen molar-refractivity contribution in [2.24, 2.45) is 11.8 Å². The van der Waals surface area contributed by atoms with Gasteiger partial charge in [-0.15, -0.1) is 12.4 Å². The van der Waals surface area contributed by atoms with Gasteiger partial charge in [0.15, 0.2) is 0 Å². The largest absolute Gasteiger partial charge is 0.316 e. The van der Waals surface area contributed by atoms with Crippen molar-refractivity contribution in [2.75, 3.05) is 39.3 Å². The molecule has 0 saturated carbocycles. The number of amides is 2. The molecule has 2 amide bonds. The molecular weight excluding hydrogens is 254 g/mol. The highest BCUT2D eigenvalue weighted by Gasteiger charge is 2.36. The highest BCUT2D eigenvalue weighted by molar-refractivity contribution is 6.01. The number of nitrogens with zero attached hydrogens (tertiary/aromatic N) is 2. The molecule has 102 valence electrons. The van der Waals surface area contributed by atoms with Gasteiger partial charge in [0.1, 0.15) is 0 Å². The van der Waals surface area contributed by atoms with E-state index in [1.54, 1.807) is 0 Å². The van der Waals surface area contributed by atoms with Gasteiger partial charge in [-0.1, -0.05) is 0 Å². The molecule has 0 spiro atoms. The molecule has 2 atom stereocenters. The number of rotatable bonds is 3. The van der Waals surface area contributed by atoms with Crippen LogP contribution in [0.2, 0.25) is 0 Å². The zero-order valence-electron chi connectivity index (χ0n) is 10.4. The van der Waals surface area contributed by atoms with Crippen molar-refractivity contribution in [3.05, 3.63) is 0 Å². The van der Waals surface area contributed by atoms with Crippen molar-refractivity contribution < 1.29 is 9.59 Å². The van der Waals surface area contributed by atoms with Gasteiger partial charge in [-0.25, -0.2) is 0 Å². The Hall–Kier alpha value is -0.650. The number of nitrogens with one attached hydrogen (secondary N) is 1. The lowest BCUT2D eigenvalue weighted by atomic mass is 10.0. The standard InChI is InChI=1S/C12H19N3O2.ClH/c16-11-1-2-12(17)15(11)4-3-14-7-9-5-13-6-10(9)8-14;/h9-10,13H,1-8H2;1H/t9-,10+;. The Morgan fingerprint density at radius 3 is 2.11 bits per heavy atom. The minimum absolute atomic E-state index is 0. The molecule has 5 nitrogen and oxygen atoms in total. The fraction of sp³-hybridized carbons (Fsp3) is 0.833. The Bertz CT molecular complexity index is 322. The number of carbonyl (C=O) groups is 2. The molecule has 3 saturated heterocycles. The van der Waals surface area contributed by atoms with Crippen molar-refractivity contribution in [1.82, 2.24) is 15.1 Å². The van der Waals surface area contributed by atoms with Crippen LogP contribution < -0.4 is 5.32 Å². The topological polar surface area (TPSA) is 52.7 Å². The summed E-state index contributed by atoms with van der Waals surface area (Å²) in [5.74, 6) is 1.58. The normalized spacial score (nSPS) is 31.9. The molecule has 0 aromatic heterocycles. The van der Waals surface area contributed by atoms with Crippen molar-refractivity contribution in [3.63, 3.8) is 0 Å². The minimum Gasteiger partial charge on any atom is -0.316 e. The molecular formula is C12H20ClN3O2. The van der Waals surface area contributed by atoms with Crippen molar-refractivity contribution >= 4 is 24.2 Å². The van der Waals surface area contributed by atoms with Gasteiger partial charge in [0, 0.05) is 39.0 Å².